The summed E-state index contributed by atoms with van der Waals surface area (Å²) in [5.41, 5.74) is 2.79. The molecule has 36 heavy (non-hydrogen) atoms. The second-order valence-corrected chi connectivity index (χ2v) is 8.81. The zero-order valence-electron chi connectivity index (χ0n) is 19.2. The smallest absolute Gasteiger partial charge is 0.335 e. The van der Waals surface area contributed by atoms with Gasteiger partial charge in [-0.05, 0) is 81.5 Å². The van der Waals surface area contributed by atoms with Crippen LogP contribution in [0.3, 0.4) is 0 Å². The van der Waals surface area contributed by atoms with Gasteiger partial charge in [-0.3, -0.25) is 14.9 Å². The lowest BCUT2D eigenvalue weighted by atomic mass is 10.1. The standard InChI is InChI=1S/C27H21BrN2O6/c1-2-16-5-10-20(11-6-16)30-25(32)21(24(31)29-27(30)35)13-18-7-12-23(22(28)14-18)36-15-17-3-8-19(9-4-17)26(33)34/h3-14H,2,15H2,1H3,(H,33,34)(H,29,31,35)/b21-13+. The number of carboxylic acids is 1. The molecule has 1 saturated heterocycles. The van der Waals surface area contributed by atoms with E-state index >= 15 is 0 Å². The number of ether oxygens (including phenoxy) is 1. The molecule has 0 saturated carbocycles. The number of hydrogen-bond acceptors (Lipinski definition) is 5. The number of carbonyl (C=O) groups excluding carboxylic acids is 3. The van der Waals surface area contributed by atoms with E-state index in [1.54, 1.807) is 42.5 Å². The topological polar surface area (TPSA) is 113 Å². The number of nitrogens with one attached hydrogen (secondary N) is 1. The largest absolute Gasteiger partial charge is 0.488 e. The quantitative estimate of drug-likeness (QED) is 0.319. The molecule has 1 aliphatic heterocycles. The minimum Gasteiger partial charge on any atom is -0.488 e. The predicted octanol–water partition coefficient (Wildman–Crippen LogP) is 4.96. The highest BCUT2D eigenvalue weighted by Gasteiger charge is 2.36. The number of amides is 4. The van der Waals surface area contributed by atoms with E-state index in [1.807, 2.05) is 19.1 Å². The average Bonchev–Trinajstić information content (AvgIpc) is 2.86. The first-order valence-electron chi connectivity index (χ1n) is 11.0. The van der Waals surface area contributed by atoms with Gasteiger partial charge in [0.25, 0.3) is 11.8 Å². The number of urea groups is 1. The van der Waals surface area contributed by atoms with E-state index < -0.39 is 23.8 Å². The third-order valence-electron chi connectivity index (χ3n) is 5.57. The van der Waals surface area contributed by atoms with Gasteiger partial charge in [0.15, 0.2) is 0 Å². The SMILES string of the molecule is CCc1ccc(N2C(=O)NC(=O)/C(=C\c3ccc(OCc4ccc(C(=O)O)cc4)c(Br)c3)C2=O)cc1. The molecule has 0 radical (unpaired) electrons. The lowest BCUT2D eigenvalue weighted by Gasteiger charge is -2.26. The molecule has 0 aliphatic carbocycles. The van der Waals surface area contributed by atoms with Gasteiger partial charge in [0.2, 0.25) is 0 Å². The van der Waals surface area contributed by atoms with Crippen molar-refractivity contribution in [3.05, 3.63) is 99.0 Å². The van der Waals surface area contributed by atoms with Crippen LogP contribution in [0.25, 0.3) is 6.08 Å². The molecule has 0 spiro atoms. The maximum absolute atomic E-state index is 13.1. The maximum Gasteiger partial charge on any atom is 0.335 e. The van der Waals surface area contributed by atoms with Crippen LogP contribution in [-0.4, -0.2) is 28.9 Å². The normalized spacial score (nSPS) is 14.7. The van der Waals surface area contributed by atoms with Crippen molar-refractivity contribution in [1.29, 1.82) is 0 Å². The Morgan fingerprint density at radius 1 is 1.00 bits per heavy atom. The maximum atomic E-state index is 13.1. The molecule has 2 N–H and O–H groups in total. The first-order valence-corrected chi connectivity index (χ1v) is 11.8. The number of carboxylic acid groups (broad SMARTS) is 1. The highest BCUT2D eigenvalue weighted by atomic mass is 79.9. The summed E-state index contributed by atoms with van der Waals surface area (Å²) < 4.78 is 6.39. The third kappa shape index (κ3) is 5.36. The Balaban J connectivity index is 1.52. The summed E-state index contributed by atoms with van der Waals surface area (Å²) in [6.45, 7) is 2.22. The fourth-order valence-corrected chi connectivity index (χ4v) is 4.08. The van der Waals surface area contributed by atoms with Crippen LogP contribution in [0.4, 0.5) is 10.5 Å². The van der Waals surface area contributed by atoms with Gasteiger partial charge in [-0.1, -0.05) is 37.3 Å². The lowest BCUT2D eigenvalue weighted by Crippen LogP contribution is -2.54. The van der Waals surface area contributed by atoms with Crippen LogP contribution in [0.15, 0.2) is 76.8 Å². The van der Waals surface area contributed by atoms with E-state index in [9.17, 15) is 19.2 Å². The summed E-state index contributed by atoms with van der Waals surface area (Å²) in [4.78, 5) is 49.9. The molecule has 4 amide bonds. The molecule has 182 valence electrons. The zero-order valence-corrected chi connectivity index (χ0v) is 20.7. The molecule has 0 aromatic heterocycles. The highest BCUT2D eigenvalue weighted by Crippen LogP contribution is 2.29. The van der Waals surface area contributed by atoms with E-state index in [0.717, 1.165) is 22.4 Å². The molecule has 4 rings (SSSR count). The predicted molar refractivity (Wildman–Crippen MR) is 137 cm³/mol. The number of carbonyl (C=O) groups is 4. The number of anilines is 1. The van der Waals surface area contributed by atoms with Gasteiger partial charge in [-0.15, -0.1) is 0 Å². The van der Waals surface area contributed by atoms with Gasteiger partial charge in [-0.2, -0.15) is 0 Å². The number of halogens is 1. The Kier molecular flexibility index (Phi) is 7.30. The molecule has 3 aromatic carbocycles. The summed E-state index contributed by atoms with van der Waals surface area (Å²) in [6, 6.07) is 17.6. The Labute approximate surface area is 215 Å². The second-order valence-electron chi connectivity index (χ2n) is 7.96. The Morgan fingerprint density at radius 2 is 1.67 bits per heavy atom. The van der Waals surface area contributed by atoms with Gasteiger partial charge >= 0.3 is 12.0 Å². The Hall–Kier alpha value is -4.24. The van der Waals surface area contributed by atoms with E-state index in [0.29, 0.717) is 21.5 Å². The summed E-state index contributed by atoms with van der Waals surface area (Å²) >= 11 is 3.44. The van der Waals surface area contributed by atoms with Crippen molar-refractivity contribution in [2.24, 2.45) is 0 Å². The van der Waals surface area contributed by atoms with E-state index in [2.05, 4.69) is 21.2 Å². The van der Waals surface area contributed by atoms with E-state index in [-0.39, 0.29) is 17.7 Å². The molecule has 1 heterocycles. The minimum atomic E-state index is -0.998. The molecule has 0 atom stereocenters. The van der Waals surface area contributed by atoms with Crippen molar-refractivity contribution in [3.63, 3.8) is 0 Å². The number of rotatable bonds is 7. The average molecular weight is 549 g/mol. The fraction of sp³-hybridized carbons (Fsp3) is 0.111. The lowest BCUT2D eigenvalue weighted by molar-refractivity contribution is -0.122. The number of imide groups is 2. The zero-order chi connectivity index (χ0) is 25.8. The van der Waals surface area contributed by atoms with Gasteiger partial charge in [0.1, 0.15) is 17.9 Å². The number of barbiturate groups is 1. The van der Waals surface area contributed by atoms with Crippen LogP contribution in [0.5, 0.6) is 5.75 Å². The third-order valence-corrected chi connectivity index (χ3v) is 6.19. The molecule has 1 fully saturated rings. The van der Waals surface area contributed by atoms with E-state index in [4.69, 9.17) is 9.84 Å². The molecule has 0 bridgehead atoms. The number of aryl methyl sites for hydroxylation is 1. The van der Waals surface area contributed by atoms with Crippen LogP contribution >= 0.6 is 15.9 Å². The van der Waals surface area contributed by atoms with Crippen molar-refractivity contribution in [1.82, 2.24) is 5.32 Å². The van der Waals surface area contributed by atoms with Gasteiger partial charge in [-0.25, -0.2) is 14.5 Å². The Morgan fingerprint density at radius 3 is 2.28 bits per heavy atom. The van der Waals surface area contributed by atoms with Crippen molar-refractivity contribution >= 4 is 51.5 Å². The summed E-state index contributed by atoms with van der Waals surface area (Å²) in [5.74, 6) is -1.96. The van der Waals surface area contributed by atoms with Crippen LogP contribution in [0.1, 0.15) is 34.0 Å². The fourth-order valence-electron chi connectivity index (χ4n) is 3.57. The van der Waals surface area contributed by atoms with Crippen LogP contribution in [-0.2, 0) is 22.6 Å². The van der Waals surface area contributed by atoms with Crippen molar-refractivity contribution in [3.8, 4) is 5.75 Å². The summed E-state index contributed by atoms with van der Waals surface area (Å²) in [7, 11) is 0. The first-order chi connectivity index (χ1) is 17.3. The van der Waals surface area contributed by atoms with Crippen molar-refractivity contribution < 1.29 is 29.0 Å². The van der Waals surface area contributed by atoms with Crippen molar-refractivity contribution in [2.75, 3.05) is 4.90 Å². The minimum absolute atomic E-state index is 0.173. The highest BCUT2D eigenvalue weighted by molar-refractivity contribution is 9.10. The number of hydrogen-bond donors (Lipinski definition) is 2. The first kappa shape index (κ1) is 24.9. The molecular weight excluding hydrogens is 528 g/mol. The number of benzene rings is 3. The monoisotopic (exact) mass is 548 g/mol. The molecule has 3 aromatic rings. The van der Waals surface area contributed by atoms with Gasteiger partial charge in [0.05, 0.1) is 15.7 Å². The number of nitrogens with zero attached hydrogens (tertiary/aromatic N) is 1. The van der Waals surface area contributed by atoms with Crippen LogP contribution in [0, 0.1) is 0 Å². The van der Waals surface area contributed by atoms with Gasteiger partial charge in [0, 0.05) is 0 Å². The van der Waals surface area contributed by atoms with Gasteiger partial charge < -0.3 is 9.84 Å². The number of aromatic carboxylic acids is 1. The second kappa shape index (κ2) is 10.6. The molecule has 8 nitrogen and oxygen atoms in total. The summed E-state index contributed by atoms with van der Waals surface area (Å²) in [5, 5.41) is 11.2. The molecule has 0 unspecified atom stereocenters. The van der Waals surface area contributed by atoms with Crippen LogP contribution < -0.4 is 15.0 Å². The van der Waals surface area contributed by atoms with Crippen LogP contribution in [0.2, 0.25) is 0 Å². The van der Waals surface area contributed by atoms with E-state index in [1.165, 1.54) is 18.2 Å². The Bertz CT molecular complexity index is 1380. The molecule has 1 aliphatic rings. The van der Waals surface area contributed by atoms with Crippen molar-refractivity contribution in [2.45, 2.75) is 20.0 Å². The molecule has 9 heteroatoms. The molecular formula is C27H21BrN2O6. The summed E-state index contributed by atoms with van der Waals surface area (Å²) in [6.07, 6.45) is 2.23.